The number of amides is 1. The van der Waals surface area contributed by atoms with Crippen LogP contribution in [0.1, 0.15) is 41.2 Å². The second kappa shape index (κ2) is 7.70. The van der Waals surface area contributed by atoms with Crippen molar-refractivity contribution in [1.29, 1.82) is 0 Å². The molecule has 23 heavy (non-hydrogen) atoms. The van der Waals surface area contributed by atoms with Crippen molar-refractivity contribution in [2.75, 3.05) is 26.2 Å². The first-order valence-corrected chi connectivity index (χ1v) is 9.01. The first-order chi connectivity index (χ1) is 11.3. The van der Waals surface area contributed by atoms with Crippen molar-refractivity contribution in [3.8, 4) is 0 Å². The number of aromatic nitrogens is 2. The predicted octanol–water partition coefficient (Wildman–Crippen LogP) is 2.43. The number of rotatable bonds is 6. The molecule has 1 fully saturated rings. The van der Waals surface area contributed by atoms with E-state index >= 15 is 0 Å². The van der Waals surface area contributed by atoms with E-state index in [0.29, 0.717) is 12.4 Å². The molecule has 2 aromatic rings. The van der Waals surface area contributed by atoms with Crippen LogP contribution in [0.5, 0.6) is 0 Å². The van der Waals surface area contributed by atoms with Gasteiger partial charge < -0.3 is 9.42 Å². The first kappa shape index (κ1) is 16.1. The highest BCUT2D eigenvalue weighted by Gasteiger charge is 2.23. The fraction of sp³-hybridized carbons (Fsp3) is 0.562. The molecule has 1 amide bonds. The molecule has 0 spiro atoms. The zero-order valence-corrected chi connectivity index (χ0v) is 14.2. The number of carbonyl (C=O) groups excluding carboxylic acids is 1. The van der Waals surface area contributed by atoms with E-state index in [4.69, 9.17) is 4.52 Å². The summed E-state index contributed by atoms with van der Waals surface area (Å²) in [5.41, 5.74) is 0. The van der Waals surface area contributed by atoms with Gasteiger partial charge in [-0.05, 0) is 17.9 Å². The predicted molar refractivity (Wildman–Crippen MR) is 88.4 cm³/mol. The van der Waals surface area contributed by atoms with Gasteiger partial charge in [0.2, 0.25) is 5.89 Å². The van der Waals surface area contributed by atoms with Crippen molar-refractivity contribution in [2.45, 2.75) is 32.7 Å². The maximum absolute atomic E-state index is 12.3. The maximum Gasteiger partial charge on any atom is 0.264 e. The zero-order chi connectivity index (χ0) is 16.1. The van der Waals surface area contributed by atoms with Crippen molar-refractivity contribution in [1.82, 2.24) is 19.9 Å². The Morgan fingerprint density at radius 3 is 2.87 bits per heavy atom. The number of carbonyl (C=O) groups is 1. The smallest absolute Gasteiger partial charge is 0.264 e. The third-order valence-electron chi connectivity index (χ3n) is 4.01. The van der Waals surface area contributed by atoms with Gasteiger partial charge in [0.1, 0.15) is 0 Å². The molecule has 6 nitrogen and oxygen atoms in total. The normalized spacial score (nSPS) is 16.0. The summed E-state index contributed by atoms with van der Waals surface area (Å²) in [6.45, 7) is 5.98. The van der Waals surface area contributed by atoms with Crippen molar-refractivity contribution in [3.63, 3.8) is 0 Å². The third kappa shape index (κ3) is 4.17. The van der Waals surface area contributed by atoms with Crippen molar-refractivity contribution in [3.05, 3.63) is 34.1 Å². The summed E-state index contributed by atoms with van der Waals surface area (Å²) in [4.78, 5) is 21.7. The van der Waals surface area contributed by atoms with E-state index in [-0.39, 0.29) is 5.91 Å². The summed E-state index contributed by atoms with van der Waals surface area (Å²) in [5, 5.41) is 5.96. The van der Waals surface area contributed by atoms with Gasteiger partial charge in [0.05, 0.1) is 11.4 Å². The molecule has 1 aliphatic heterocycles. The van der Waals surface area contributed by atoms with Crippen LogP contribution in [0.25, 0.3) is 0 Å². The Bertz CT molecular complexity index is 618. The fourth-order valence-corrected chi connectivity index (χ4v) is 3.34. The van der Waals surface area contributed by atoms with Crippen LogP contribution in [-0.2, 0) is 13.0 Å². The zero-order valence-electron chi connectivity index (χ0n) is 13.4. The molecule has 0 aromatic carbocycles. The SMILES string of the molecule is CCCCc1noc(CN2CCN(C(=O)c3cccs3)CC2)n1. The first-order valence-electron chi connectivity index (χ1n) is 8.13. The molecule has 0 unspecified atom stereocenters. The monoisotopic (exact) mass is 334 g/mol. The topological polar surface area (TPSA) is 62.5 Å². The van der Waals surface area contributed by atoms with Gasteiger partial charge in [0, 0.05) is 32.6 Å². The number of unbranched alkanes of at least 4 members (excludes halogenated alkanes) is 1. The molecule has 7 heteroatoms. The van der Waals surface area contributed by atoms with Crippen LogP contribution >= 0.6 is 11.3 Å². The highest BCUT2D eigenvalue weighted by atomic mass is 32.1. The summed E-state index contributed by atoms with van der Waals surface area (Å²) in [5.74, 6) is 1.61. The van der Waals surface area contributed by atoms with E-state index in [1.165, 1.54) is 11.3 Å². The Morgan fingerprint density at radius 2 is 2.17 bits per heavy atom. The summed E-state index contributed by atoms with van der Waals surface area (Å²) in [6, 6.07) is 3.80. The van der Waals surface area contributed by atoms with E-state index in [0.717, 1.165) is 56.1 Å². The number of piperazine rings is 1. The summed E-state index contributed by atoms with van der Waals surface area (Å²) < 4.78 is 5.32. The number of nitrogens with zero attached hydrogens (tertiary/aromatic N) is 4. The second-order valence-electron chi connectivity index (χ2n) is 5.75. The Morgan fingerprint density at radius 1 is 1.35 bits per heavy atom. The van der Waals surface area contributed by atoms with Crippen LogP contribution < -0.4 is 0 Å². The van der Waals surface area contributed by atoms with E-state index in [9.17, 15) is 4.79 Å². The van der Waals surface area contributed by atoms with Gasteiger partial charge in [-0.15, -0.1) is 11.3 Å². The number of thiophene rings is 1. The van der Waals surface area contributed by atoms with Crippen molar-refractivity contribution >= 4 is 17.2 Å². The van der Waals surface area contributed by atoms with Crippen molar-refractivity contribution < 1.29 is 9.32 Å². The highest BCUT2D eigenvalue weighted by molar-refractivity contribution is 7.12. The summed E-state index contributed by atoms with van der Waals surface area (Å²) in [7, 11) is 0. The third-order valence-corrected chi connectivity index (χ3v) is 4.87. The second-order valence-corrected chi connectivity index (χ2v) is 6.70. The van der Waals surface area contributed by atoms with Gasteiger partial charge in [0.25, 0.3) is 5.91 Å². The lowest BCUT2D eigenvalue weighted by atomic mass is 10.2. The molecule has 1 aliphatic rings. The average molecular weight is 334 g/mol. The van der Waals surface area contributed by atoms with Gasteiger partial charge in [-0.25, -0.2) is 0 Å². The van der Waals surface area contributed by atoms with Crippen molar-refractivity contribution in [2.24, 2.45) is 0 Å². The molecule has 1 saturated heterocycles. The van der Waals surface area contributed by atoms with Crippen LogP contribution in [0.4, 0.5) is 0 Å². The maximum atomic E-state index is 12.3. The van der Waals surface area contributed by atoms with E-state index in [1.807, 2.05) is 22.4 Å². The number of aryl methyl sites for hydroxylation is 1. The summed E-state index contributed by atoms with van der Waals surface area (Å²) in [6.07, 6.45) is 3.09. The molecule has 0 bridgehead atoms. The molecule has 0 aliphatic carbocycles. The van der Waals surface area contributed by atoms with Crippen LogP contribution in [0.2, 0.25) is 0 Å². The lowest BCUT2D eigenvalue weighted by Gasteiger charge is -2.33. The molecule has 0 saturated carbocycles. The largest absolute Gasteiger partial charge is 0.338 e. The van der Waals surface area contributed by atoms with Gasteiger partial charge in [0.15, 0.2) is 5.82 Å². The fourth-order valence-electron chi connectivity index (χ4n) is 2.65. The van der Waals surface area contributed by atoms with Crippen LogP contribution in [0.3, 0.4) is 0 Å². The quantitative estimate of drug-likeness (QED) is 0.812. The van der Waals surface area contributed by atoms with Crippen LogP contribution in [-0.4, -0.2) is 52.0 Å². The molecular weight excluding hydrogens is 312 g/mol. The van der Waals surface area contributed by atoms with Gasteiger partial charge >= 0.3 is 0 Å². The van der Waals surface area contributed by atoms with Crippen LogP contribution in [0.15, 0.2) is 22.0 Å². The minimum Gasteiger partial charge on any atom is -0.338 e. The molecule has 3 rings (SSSR count). The highest BCUT2D eigenvalue weighted by Crippen LogP contribution is 2.15. The Kier molecular flexibility index (Phi) is 5.40. The lowest BCUT2D eigenvalue weighted by Crippen LogP contribution is -2.48. The Labute approximate surface area is 140 Å². The van der Waals surface area contributed by atoms with Gasteiger partial charge in [-0.3, -0.25) is 9.69 Å². The molecule has 0 N–H and O–H groups in total. The van der Waals surface area contributed by atoms with Gasteiger partial charge in [-0.1, -0.05) is 24.6 Å². The molecule has 3 heterocycles. The molecular formula is C16H22N4O2S. The molecule has 0 atom stereocenters. The average Bonchev–Trinajstić information content (AvgIpc) is 3.25. The minimum absolute atomic E-state index is 0.138. The Balaban J connectivity index is 1.47. The van der Waals surface area contributed by atoms with E-state index in [2.05, 4.69) is 22.0 Å². The van der Waals surface area contributed by atoms with Gasteiger partial charge in [-0.2, -0.15) is 4.98 Å². The van der Waals surface area contributed by atoms with E-state index in [1.54, 1.807) is 0 Å². The lowest BCUT2D eigenvalue weighted by molar-refractivity contribution is 0.0620. The molecule has 124 valence electrons. The summed E-state index contributed by atoms with van der Waals surface area (Å²) >= 11 is 1.50. The standard InChI is InChI=1S/C16H22N4O2S/c1-2-3-6-14-17-15(22-18-14)12-19-7-9-20(10-8-19)16(21)13-5-4-11-23-13/h4-5,11H,2-3,6-10,12H2,1H3. The number of hydrogen-bond acceptors (Lipinski definition) is 6. The Hall–Kier alpha value is -1.73. The van der Waals surface area contributed by atoms with Crippen LogP contribution in [0, 0.1) is 0 Å². The molecule has 0 radical (unpaired) electrons. The minimum atomic E-state index is 0.138. The van der Waals surface area contributed by atoms with E-state index < -0.39 is 0 Å². The molecule has 2 aromatic heterocycles. The number of hydrogen-bond donors (Lipinski definition) is 0.